The molecule has 14 heteroatoms. The fraction of sp³-hybridized carbons (Fsp3) is 0.378. The third-order valence-electron chi connectivity index (χ3n) is 10.8. The number of nitrogens with two attached hydrogens (primary N) is 2. The summed E-state index contributed by atoms with van der Waals surface area (Å²) in [6.07, 6.45) is 5.01. The largest absolute Gasteiger partial charge is 0.454 e. The number of benzene rings is 4. The molecule has 0 bridgehead atoms. The summed E-state index contributed by atoms with van der Waals surface area (Å²) in [7, 11) is 0. The molecular formula is C45H57N9O5. The number of nitrogens with zero attached hydrogens (tertiary/aromatic N) is 4. The Morgan fingerprint density at radius 3 is 2.22 bits per heavy atom. The van der Waals surface area contributed by atoms with Crippen molar-refractivity contribution in [3.63, 3.8) is 0 Å². The number of amides is 3. The number of nitrogens with one attached hydrogen (secondary N) is 3. The van der Waals surface area contributed by atoms with Gasteiger partial charge in [-0.2, -0.15) is 0 Å². The molecule has 0 saturated carbocycles. The predicted molar refractivity (Wildman–Crippen MR) is 237 cm³/mol. The van der Waals surface area contributed by atoms with Crippen molar-refractivity contribution in [3.05, 3.63) is 84.1 Å². The van der Waals surface area contributed by atoms with E-state index >= 15 is 0 Å². The summed E-state index contributed by atoms with van der Waals surface area (Å²) in [5.41, 5.74) is 17.1. The molecule has 312 valence electrons. The minimum absolute atomic E-state index is 0.0417. The summed E-state index contributed by atoms with van der Waals surface area (Å²) in [6.45, 7) is 14.5. The molecule has 3 heterocycles. The molecule has 2 aliphatic rings. The van der Waals surface area contributed by atoms with E-state index in [1.165, 1.54) is 0 Å². The van der Waals surface area contributed by atoms with E-state index < -0.39 is 11.8 Å². The average molecular weight is 804 g/mol. The van der Waals surface area contributed by atoms with Crippen molar-refractivity contribution < 1.29 is 23.9 Å². The molecule has 7 N–H and O–H groups in total. The van der Waals surface area contributed by atoms with Gasteiger partial charge in [-0.15, -0.1) is 0 Å². The number of aromatic nitrogens is 1. The SMILES string of the molecule is CC.CCN(CC)CCCCCNc1cc(C(N)=O)c(N2CCN(C(=O)CNc3ccc(C(N)=O)c4ccc(Nc5ccc6c(c5)OCO6)cc34)CC2)c2cccnc12. The minimum Gasteiger partial charge on any atom is -0.454 e. The summed E-state index contributed by atoms with van der Waals surface area (Å²) in [6, 6.07) is 20.4. The molecule has 0 radical (unpaired) electrons. The molecule has 7 rings (SSSR count). The van der Waals surface area contributed by atoms with Crippen molar-refractivity contribution >= 4 is 67.8 Å². The number of carbonyl (C=O) groups excluding carboxylic acids is 3. The van der Waals surface area contributed by atoms with E-state index in [4.69, 9.17) is 25.9 Å². The van der Waals surface area contributed by atoms with Gasteiger partial charge in [-0.3, -0.25) is 19.4 Å². The lowest BCUT2D eigenvalue weighted by Gasteiger charge is -2.37. The number of fused-ring (bicyclic) bond motifs is 3. The zero-order valence-electron chi connectivity index (χ0n) is 34.6. The second-order valence-corrected chi connectivity index (χ2v) is 14.3. The van der Waals surface area contributed by atoms with Crippen molar-refractivity contribution in [3.8, 4) is 11.5 Å². The van der Waals surface area contributed by atoms with E-state index in [2.05, 4.69) is 39.6 Å². The maximum Gasteiger partial charge on any atom is 0.250 e. The quantitative estimate of drug-likeness (QED) is 0.0627. The first-order valence-corrected chi connectivity index (χ1v) is 20.7. The molecule has 5 aromatic rings. The summed E-state index contributed by atoms with van der Waals surface area (Å²) < 4.78 is 11.0. The van der Waals surface area contributed by atoms with Gasteiger partial charge < -0.3 is 51.6 Å². The number of pyridine rings is 1. The van der Waals surface area contributed by atoms with E-state index in [1.807, 2.05) is 73.3 Å². The number of hydrogen-bond acceptors (Lipinski definition) is 11. The van der Waals surface area contributed by atoms with Crippen LogP contribution in [-0.2, 0) is 4.79 Å². The van der Waals surface area contributed by atoms with Crippen LogP contribution in [0.15, 0.2) is 72.9 Å². The number of rotatable bonds is 17. The van der Waals surface area contributed by atoms with Crippen LogP contribution in [0.1, 0.15) is 67.7 Å². The van der Waals surface area contributed by atoms with Gasteiger partial charge >= 0.3 is 0 Å². The van der Waals surface area contributed by atoms with Crippen LogP contribution >= 0.6 is 0 Å². The second kappa shape index (κ2) is 19.9. The molecular weight excluding hydrogens is 747 g/mol. The third kappa shape index (κ3) is 9.89. The first-order chi connectivity index (χ1) is 28.7. The Morgan fingerprint density at radius 2 is 1.47 bits per heavy atom. The Balaban J connectivity index is 0.00000288. The van der Waals surface area contributed by atoms with Crippen LogP contribution in [0, 0.1) is 0 Å². The number of primary amides is 2. The zero-order valence-corrected chi connectivity index (χ0v) is 34.6. The monoisotopic (exact) mass is 803 g/mol. The van der Waals surface area contributed by atoms with Crippen LogP contribution in [0.3, 0.4) is 0 Å². The number of ether oxygens (including phenoxy) is 2. The van der Waals surface area contributed by atoms with Crippen molar-refractivity contribution in [2.45, 2.75) is 47.0 Å². The highest BCUT2D eigenvalue weighted by molar-refractivity contribution is 6.12. The Labute approximate surface area is 346 Å². The second-order valence-electron chi connectivity index (χ2n) is 14.3. The van der Waals surface area contributed by atoms with Crippen molar-refractivity contribution in [2.75, 3.05) is 86.5 Å². The maximum atomic E-state index is 13.6. The third-order valence-corrected chi connectivity index (χ3v) is 10.8. The predicted octanol–water partition coefficient (Wildman–Crippen LogP) is 6.77. The highest BCUT2D eigenvalue weighted by Gasteiger charge is 2.27. The van der Waals surface area contributed by atoms with Crippen molar-refractivity contribution in [1.29, 1.82) is 0 Å². The average Bonchev–Trinajstić information content (AvgIpc) is 3.74. The fourth-order valence-electron chi connectivity index (χ4n) is 7.70. The molecule has 0 aliphatic carbocycles. The Bertz CT molecular complexity index is 2270. The van der Waals surface area contributed by atoms with Crippen LogP contribution in [0.2, 0.25) is 0 Å². The molecule has 14 nitrogen and oxygen atoms in total. The van der Waals surface area contributed by atoms with Gasteiger partial charge in [0.1, 0.15) is 0 Å². The molecule has 0 unspecified atom stereocenters. The Morgan fingerprint density at radius 1 is 0.746 bits per heavy atom. The van der Waals surface area contributed by atoms with Crippen LogP contribution in [0.5, 0.6) is 11.5 Å². The van der Waals surface area contributed by atoms with Gasteiger partial charge in [-0.05, 0) is 92.5 Å². The zero-order chi connectivity index (χ0) is 41.9. The molecule has 3 amide bonds. The van der Waals surface area contributed by atoms with Gasteiger partial charge in [0, 0.05) is 78.4 Å². The molecule has 0 spiro atoms. The van der Waals surface area contributed by atoms with Crippen LogP contribution < -0.4 is 41.8 Å². The van der Waals surface area contributed by atoms with Crippen molar-refractivity contribution in [1.82, 2.24) is 14.8 Å². The summed E-state index contributed by atoms with van der Waals surface area (Å²) in [5, 5.41) is 12.5. The number of unbranched alkanes of at least 4 members (excludes halogenated alkanes) is 2. The van der Waals surface area contributed by atoms with Gasteiger partial charge in [-0.25, -0.2) is 0 Å². The molecule has 4 aromatic carbocycles. The van der Waals surface area contributed by atoms with Gasteiger partial charge in [0.25, 0.3) is 5.91 Å². The maximum absolute atomic E-state index is 13.6. The van der Waals surface area contributed by atoms with Crippen LogP contribution in [0.25, 0.3) is 21.7 Å². The van der Waals surface area contributed by atoms with E-state index in [0.29, 0.717) is 59.9 Å². The summed E-state index contributed by atoms with van der Waals surface area (Å²) in [5.74, 6) is 0.223. The Hall–Kier alpha value is -6.28. The number of anilines is 5. The Kier molecular flexibility index (Phi) is 14.3. The minimum atomic E-state index is -0.539. The molecule has 59 heavy (non-hydrogen) atoms. The highest BCUT2D eigenvalue weighted by Crippen LogP contribution is 2.38. The molecule has 1 aromatic heterocycles. The van der Waals surface area contributed by atoms with Crippen molar-refractivity contribution in [2.24, 2.45) is 11.5 Å². The van der Waals surface area contributed by atoms with Crippen LogP contribution in [0.4, 0.5) is 28.4 Å². The van der Waals surface area contributed by atoms with E-state index in [0.717, 1.165) is 84.5 Å². The normalized spacial score (nSPS) is 13.3. The summed E-state index contributed by atoms with van der Waals surface area (Å²) >= 11 is 0. The number of carbonyl (C=O) groups is 3. The smallest absolute Gasteiger partial charge is 0.250 e. The van der Waals surface area contributed by atoms with Gasteiger partial charge in [0.2, 0.25) is 18.6 Å². The fourth-order valence-corrected chi connectivity index (χ4v) is 7.70. The molecule has 1 fully saturated rings. The highest BCUT2D eigenvalue weighted by atomic mass is 16.7. The lowest BCUT2D eigenvalue weighted by molar-refractivity contribution is -0.129. The number of piperazine rings is 1. The molecule has 0 atom stereocenters. The topological polar surface area (TPSA) is 180 Å². The van der Waals surface area contributed by atoms with Crippen LogP contribution in [-0.4, -0.2) is 98.2 Å². The lowest BCUT2D eigenvalue weighted by atomic mass is 10.0. The van der Waals surface area contributed by atoms with Gasteiger partial charge in [0.05, 0.1) is 29.0 Å². The first kappa shape index (κ1) is 42.3. The van der Waals surface area contributed by atoms with Gasteiger partial charge in [0.15, 0.2) is 11.5 Å². The molecule has 1 saturated heterocycles. The molecule has 2 aliphatic heterocycles. The first-order valence-electron chi connectivity index (χ1n) is 20.7. The number of hydrogen-bond donors (Lipinski definition) is 5. The van der Waals surface area contributed by atoms with Gasteiger partial charge in [-0.1, -0.05) is 40.2 Å². The summed E-state index contributed by atoms with van der Waals surface area (Å²) in [4.78, 5) is 50.0. The van der Waals surface area contributed by atoms with E-state index in [9.17, 15) is 14.4 Å². The van der Waals surface area contributed by atoms with E-state index in [1.54, 1.807) is 18.3 Å². The lowest BCUT2D eigenvalue weighted by Crippen LogP contribution is -2.50. The van der Waals surface area contributed by atoms with E-state index in [-0.39, 0.29) is 19.2 Å². The standard InChI is InChI=1S/C43H51N9O5.C2H6/c1-3-50(4-2)18-7-5-6-16-46-36-25-34(43(45)55)41(32-9-8-17-47-40(32)36)52-21-19-51(20-22-52)39(53)26-48-35-14-13-31(42(44)54)30-12-10-28(23-33(30)35)49-29-11-15-37-38(24-29)57-27-56-37;1-2/h8-15,17,23-25,46,48-49H,3-7,16,18-22,26-27H2,1-2H3,(H2,44,54)(H2,45,55);1-2H3.